The average Bonchev–Trinajstić information content (AvgIpc) is 2.86. The normalized spacial score (nSPS) is 10.4. The van der Waals surface area contributed by atoms with Gasteiger partial charge in [0.05, 0.1) is 8.66 Å². The number of carbonyl (C=O) groups excluding carboxylic acids is 1. The Morgan fingerprint density at radius 3 is 3.06 bits per heavy atom. The van der Waals surface area contributed by atoms with Gasteiger partial charge in [0.15, 0.2) is 0 Å². The fourth-order valence-corrected chi connectivity index (χ4v) is 2.33. The summed E-state index contributed by atoms with van der Waals surface area (Å²) in [5, 5.41) is 10.9. The molecule has 0 aliphatic heterocycles. The highest BCUT2D eigenvalue weighted by Gasteiger charge is 2.14. The van der Waals surface area contributed by atoms with Crippen LogP contribution < -0.4 is 4.84 Å². The van der Waals surface area contributed by atoms with Crippen molar-refractivity contribution in [2.75, 3.05) is 0 Å². The topological polar surface area (TPSA) is 69.9 Å². The average molecular weight is 303 g/mol. The van der Waals surface area contributed by atoms with Crippen LogP contribution >= 0.6 is 27.3 Å². The molecule has 0 atom stereocenters. The van der Waals surface area contributed by atoms with Crippen molar-refractivity contribution in [1.82, 2.24) is 20.4 Å². The molecule has 2 rings (SSSR count). The van der Waals surface area contributed by atoms with Crippen molar-refractivity contribution >= 4 is 33.2 Å². The second-order valence-electron chi connectivity index (χ2n) is 2.80. The van der Waals surface area contributed by atoms with Crippen LogP contribution in [0.3, 0.4) is 0 Å². The largest absolute Gasteiger partial charge is 0.334 e. The van der Waals surface area contributed by atoms with E-state index in [1.54, 1.807) is 6.92 Å². The molecule has 0 spiro atoms. The fraction of sp³-hybridized carbons (Fsp3) is 0.250. The molecule has 0 aliphatic carbocycles. The Morgan fingerprint density at radius 2 is 2.44 bits per heavy atom. The van der Waals surface area contributed by atoms with Crippen molar-refractivity contribution in [2.24, 2.45) is 0 Å². The fourth-order valence-electron chi connectivity index (χ4n) is 0.980. The zero-order valence-corrected chi connectivity index (χ0v) is 10.7. The third-order valence-corrected chi connectivity index (χ3v) is 3.33. The van der Waals surface area contributed by atoms with Gasteiger partial charge in [0.1, 0.15) is 0 Å². The Labute approximate surface area is 103 Å². The van der Waals surface area contributed by atoms with E-state index < -0.39 is 0 Å². The number of thiophene rings is 1. The molecule has 0 unspecified atom stereocenters. The molecule has 84 valence electrons. The van der Waals surface area contributed by atoms with Gasteiger partial charge in [0, 0.05) is 6.42 Å². The zero-order chi connectivity index (χ0) is 11.5. The number of rotatable bonds is 3. The summed E-state index contributed by atoms with van der Waals surface area (Å²) in [4.78, 5) is 17.9. The van der Waals surface area contributed by atoms with E-state index in [1.807, 2.05) is 12.1 Å². The monoisotopic (exact) mass is 302 g/mol. The molecule has 2 heterocycles. The number of aromatic nitrogens is 4. The third kappa shape index (κ3) is 2.27. The molecule has 6 nitrogen and oxygen atoms in total. The van der Waals surface area contributed by atoms with Crippen molar-refractivity contribution < 1.29 is 9.63 Å². The van der Waals surface area contributed by atoms with Crippen molar-refractivity contribution in [3.8, 4) is 10.7 Å². The number of hydrogen-bond acceptors (Lipinski definition) is 6. The predicted octanol–water partition coefficient (Wildman–Crippen LogP) is 1.53. The van der Waals surface area contributed by atoms with Crippen LogP contribution in [0.1, 0.15) is 13.3 Å². The second kappa shape index (κ2) is 4.71. The van der Waals surface area contributed by atoms with Crippen LogP contribution in [-0.4, -0.2) is 26.3 Å². The number of nitrogens with zero attached hydrogens (tertiary/aromatic N) is 4. The maximum absolute atomic E-state index is 11.1. The molecule has 2 aromatic rings. The molecule has 0 radical (unpaired) electrons. The summed E-state index contributed by atoms with van der Waals surface area (Å²) in [5.74, 6) is 0.0293. The van der Waals surface area contributed by atoms with Gasteiger partial charge in [-0.25, -0.2) is 4.79 Å². The van der Waals surface area contributed by atoms with E-state index in [0.717, 1.165) is 13.5 Å². The van der Waals surface area contributed by atoms with Gasteiger partial charge in [-0.15, -0.1) is 16.4 Å². The number of carbonyl (C=O) groups is 1. The van der Waals surface area contributed by atoms with Crippen molar-refractivity contribution in [3.05, 3.63) is 15.9 Å². The Bertz CT molecular complexity index is 510. The van der Waals surface area contributed by atoms with Gasteiger partial charge in [-0.05, 0) is 43.3 Å². The Hall–Kier alpha value is -1.28. The molecule has 0 amide bonds. The van der Waals surface area contributed by atoms with E-state index >= 15 is 0 Å². The van der Waals surface area contributed by atoms with Crippen LogP contribution in [0.4, 0.5) is 0 Å². The first-order valence-electron chi connectivity index (χ1n) is 4.46. The van der Waals surface area contributed by atoms with Gasteiger partial charge >= 0.3 is 5.97 Å². The summed E-state index contributed by atoms with van der Waals surface area (Å²) >= 11 is 4.80. The van der Waals surface area contributed by atoms with E-state index in [-0.39, 0.29) is 12.4 Å². The SMILES string of the molecule is CCC(=O)On1nnnc1-c1ccc(Br)s1. The lowest BCUT2D eigenvalue weighted by Crippen LogP contribution is -2.20. The molecule has 0 N–H and O–H groups in total. The first-order valence-corrected chi connectivity index (χ1v) is 6.07. The number of hydrogen-bond donors (Lipinski definition) is 0. The van der Waals surface area contributed by atoms with Crippen molar-refractivity contribution in [1.29, 1.82) is 0 Å². The van der Waals surface area contributed by atoms with E-state index in [0.29, 0.717) is 5.82 Å². The summed E-state index contributed by atoms with van der Waals surface area (Å²) in [6.07, 6.45) is 0.271. The molecule has 0 bridgehead atoms. The van der Waals surface area contributed by atoms with Crippen molar-refractivity contribution in [2.45, 2.75) is 13.3 Å². The van der Waals surface area contributed by atoms with E-state index in [9.17, 15) is 4.79 Å². The lowest BCUT2D eigenvalue weighted by molar-refractivity contribution is -0.145. The summed E-state index contributed by atoms with van der Waals surface area (Å²) in [6, 6.07) is 3.72. The Kier molecular flexibility index (Phi) is 3.30. The Morgan fingerprint density at radius 1 is 1.62 bits per heavy atom. The second-order valence-corrected chi connectivity index (χ2v) is 5.26. The molecule has 16 heavy (non-hydrogen) atoms. The highest BCUT2D eigenvalue weighted by molar-refractivity contribution is 9.11. The first kappa shape index (κ1) is 11.2. The first-order chi connectivity index (χ1) is 7.70. The van der Waals surface area contributed by atoms with Crippen LogP contribution in [0.25, 0.3) is 10.7 Å². The summed E-state index contributed by atoms with van der Waals surface area (Å²) < 4.78 is 0.957. The molecule has 8 heteroatoms. The van der Waals surface area contributed by atoms with E-state index in [4.69, 9.17) is 4.84 Å². The lowest BCUT2D eigenvalue weighted by atomic mass is 10.4. The maximum Gasteiger partial charge on any atom is 0.334 e. The van der Waals surface area contributed by atoms with Gasteiger partial charge in [0.2, 0.25) is 5.82 Å². The molecule has 2 aromatic heterocycles. The molecule has 0 fully saturated rings. The summed E-state index contributed by atoms with van der Waals surface area (Å²) in [7, 11) is 0. The molecule has 0 saturated carbocycles. The Balaban J connectivity index is 2.29. The van der Waals surface area contributed by atoms with Gasteiger partial charge in [-0.1, -0.05) is 6.92 Å². The third-order valence-electron chi connectivity index (χ3n) is 1.71. The molecule has 0 aliphatic rings. The minimum atomic E-state index is -0.385. The van der Waals surface area contributed by atoms with Gasteiger partial charge in [0.25, 0.3) is 0 Å². The van der Waals surface area contributed by atoms with Crippen LogP contribution in [0.2, 0.25) is 0 Å². The minimum Gasteiger partial charge on any atom is -0.316 e. The van der Waals surface area contributed by atoms with Crippen LogP contribution in [-0.2, 0) is 4.79 Å². The van der Waals surface area contributed by atoms with Gasteiger partial charge in [-0.2, -0.15) is 0 Å². The minimum absolute atomic E-state index is 0.271. The smallest absolute Gasteiger partial charge is 0.316 e. The molecule has 0 saturated heterocycles. The van der Waals surface area contributed by atoms with E-state index in [2.05, 4.69) is 31.5 Å². The quantitative estimate of drug-likeness (QED) is 0.804. The highest BCUT2D eigenvalue weighted by atomic mass is 79.9. The maximum atomic E-state index is 11.1. The summed E-state index contributed by atoms with van der Waals surface area (Å²) in [5.41, 5.74) is 0. The summed E-state index contributed by atoms with van der Waals surface area (Å²) in [6.45, 7) is 1.70. The zero-order valence-electron chi connectivity index (χ0n) is 8.25. The van der Waals surface area contributed by atoms with Crippen LogP contribution in [0.5, 0.6) is 0 Å². The predicted molar refractivity (Wildman–Crippen MR) is 60.7 cm³/mol. The molecular weight excluding hydrogens is 296 g/mol. The standard InChI is InChI=1S/C8H7BrN4O2S/c1-2-7(14)15-13-8(10-11-12-13)5-3-4-6(9)16-5/h3-4H,2H2,1H3. The van der Waals surface area contributed by atoms with Crippen molar-refractivity contribution in [3.63, 3.8) is 0 Å². The molecular formula is C8H7BrN4O2S. The molecule has 0 aromatic carbocycles. The van der Waals surface area contributed by atoms with Crippen LogP contribution in [0.15, 0.2) is 15.9 Å². The van der Waals surface area contributed by atoms with Crippen LogP contribution in [0, 0.1) is 0 Å². The number of tetrazole rings is 1. The highest BCUT2D eigenvalue weighted by Crippen LogP contribution is 2.29. The lowest BCUT2D eigenvalue weighted by Gasteiger charge is -2.01. The van der Waals surface area contributed by atoms with E-state index in [1.165, 1.54) is 11.3 Å². The van der Waals surface area contributed by atoms with Gasteiger partial charge in [-0.3, -0.25) is 0 Å². The van der Waals surface area contributed by atoms with Gasteiger partial charge < -0.3 is 4.84 Å². The number of halogens is 1.